The lowest BCUT2D eigenvalue weighted by Crippen LogP contribution is -2.41. The molecule has 1 atom stereocenters. The Labute approximate surface area is 122 Å². The Morgan fingerprint density at radius 3 is 3.00 bits per heavy atom. The lowest BCUT2D eigenvalue weighted by molar-refractivity contribution is -0.122. The van der Waals surface area contributed by atoms with E-state index in [4.69, 9.17) is 0 Å². The van der Waals surface area contributed by atoms with Crippen LogP contribution in [0, 0.1) is 0 Å². The van der Waals surface area contributed by atoms with E-state index in [1.54, 1.807) is 17.5 Å². The maximum absolute atomic E-state index is 11.6. The summed E-state index contributed by atoms with van der Waals surface area (Å²) in [5.74, 6) is 0.00711. The molecule has 0 saturated carbocycles. The first-order valence-corrected chi connectivity index (χ1v) is 7.45. The number of rotatable bonds is 6. The molecule has 0 bridgehead atoms. The van der Waals surface area contributed by atoms with Crippen molar-refractivity contribution in [1.82, 2.24) is 20.6 Å². The second-order valence-electron chi connectivity index (χ2n) is 4.36. The highest BCUT2D eigenvalue weighted by atomic mass is 32.1. The molecule has 0 spiro atoms. The van der Waals surface area contributed by atoms with Gasteiger partial charge >= 0.3 is 0 Å². The molecule has 0 radical (unpaired) electrons. The monoisotopic (exact) mass is 290 g/mol. The highest BCUT2D eigenvalue weighted by Gasteiger charge is 2.12. The number of thiazole rings is 1. The number of aromatic nitrogens is 2. The van der Waals surface area contributed by atoms with E-state index in [0.717, 1.165) is 16.4 Å². The van der Waals surface area contributed by atoms with Crippen LogP contribution in [0.3, 0.4) is 0 Å². The second kappa shape index (κ2) is 7.12. The molecule has 1 unspecified atom stereocenters. The molecule has 5 nitrogen and oxygen atoms in total. The van der Waals surface area contributed by atoms with Gasteiger partial charge in [-0.25, -0.2) is 4.98 Å². The number of nitrogens with zero attached hydrogens (tertiary/aromatic N) is 2. The van der Waals surface area contributed by atoms with E-state index in [1.165, 1.54) is 0 Å². The Kier molecular flexibility index (Phi) is 5.20. The highest BCUT2D eigenvalue weighted by Crippen LogP contribution is 2.21. The van der Waals surface area contributed by atoms with E-state index in [9.17, 15) is 4.79 Å². The van der Waals surface area contributed by atoms with Crippen molar-refractivity contribution in [2.75, 3.05) is 6.54 Å². The Morgan fingerprint density at radius 2 is 2.30 bits per heavy atom. The summed E-state index contributed by atoms with van der Waals surface area (Å²) in [7, 11) is 0. The lowest BCUT2D eigenvalue weighted by atomic mass is 10.3. The fourth-order valence-corrected chi connectivity index (χ4v) is 2.47. The van der Waals surface area contributed by atoms with Gasteiger partial charge in [0.25, 0.3) is 0 Å². The van der Waals surface area contributed by atoms with Crippen molar-refractivity contribution in [2.45, 2.75) is 26.4 Å². The summed E-state index contributed by atoms with van der Waals surface area (Å²) in [6, 6.07) is 5.54. The zero-order valence-corrected chi connectivity index (χ0v) is 12.4. The van der Waals surface area contributed by atoms with E-state index < -0.39 is 0 Å². The van der Waals surface area contributed by atoms with Crippen molar-refractivity contribution in [3.05, 3.63) is 35.5 Å². The van der Waals surface area contributed by atoms with Crippen molar-refractivity contribution in [2.24, 2.45) is 0 Å². The molecule has 0 saturated heterocycles. The number of carbonyl (C=O) groups is 1. The maximum Gasteiger partial charge on any atom is 0.236 e. The van der Waals surface area contributed by atoms with Gasteiger partial charge in [-0.15, -0.1) is 11.3 Å². The summed E-state index contributed by atoms with van der Waals surface area (Å²) >= 11 is 1.56. The van der Waals surface area contributed by atoms with Gasteiger partial charge in [0.05, 0.1) is 17.4 Å². The predicted molar refractivity (Wildman–Crippen MR) is 80.3 cm³/mol. The van der Waals surface area contributed by atoms with E-state index in [2.05, 4.69) is 20.6 Å². The summed E-state index contributed by atoms with van der Waals surface area (Å²) in [5, 5.41) is 8.83. The summed E-state index contributed by atoms with van der Waals surface area (Å²) < 4.78 is 0. The van der Waals surface area contributed by atoms with E-state index in [1.807, 2.05) is 37.4 Å². The summed E-state index contributed by atoms with van der Waals surface area (Å²) in [4.78, 5) is 20.4. The molecule has 1 amide bonds. The first-order chi connectivity index (χ1) is 9.70. The maximum atomic E-state index is 11.6. The SMILES string of the molecule is CCNC(=O)C(C)NCc1csc(-c2ccccn2)n1. The number of amides is 1. The molecule has 2 rings (SSSR count). The molecule has 2 aromatic heterocycles. The molecule has 20 heavy (non-hydrogen) atoms. The standard InChI is InChI=1S/C14H18N4OS/c1-3-15-13(19)10(2)17-8-11-9-20-14(18-11)12-6-4-5-7-16-12/h4-7,9-10,17H,3,8H2,1-2H3,(H,15,19). The van der Waals surface area contributed by atoms with Gasteiger partial charge in [0, 0.05) is 24.7 Å². The van der Waals surface area contributed by atoms with Crippen LogP contribution in [0.15, 0.2) is 29.8 Å². The third kappa shape index (κ3) is 3.85. The Morgan fingerprint density at radius 1 is 1.45 bits per heavy atom. The topological polar surface area (TPSA) is 66.9 Å². The lowest BCUT2D eigenvalue weighted by Gasteiger charge is -2.11. The number of hydrogen-bond acceptors (Lipinski definition) is 5. The van der Waals surface area contributed by atoms with Crippen molar-refractivity contribution in [1.29, 1.82) is 0 Å². The number of nitrogens with one attached hydrogen (secondary N) is 2. The van der Waals surface area contributed by atoms with Crippen LogP contribution in [0.4, 0.5) is 0 Å². The molecule has 6 heteroatoms. The molecule has 2 N–H and O–H groups in total. The summed E-state index contributed by atoms with van der Waals surface area (Å²) in [5.41, 5.74) is 1.80. The highest BCUT2D eigenvalue weighted by molar-refractivity contribution is 7.13. The Bertz CT molecular complexity index is 555. The smallest absolute Gasteiger partial charge is 0.236 e. The van der Waals surface area contributed by atoms with Crippen molar-refractivity contribution in [3.8, 4) is 10.7 Å². The zero-order valence-electron chi connectivity index (χ0n) is 11.6. The number of pyridine rings is 1. The minimum atomic E-state index is -0.227. The fourth-order valence-electron chi connectivity index (χ4n) is 1.67. The van der Waals surface area contributed by atoms with Crippen LogP contribution in [-0.4, -0.2) is 28.5 Å². The third-order valence-corrected chi connectivity index (χ3v) is 3.68. The Balaban J connectivity index is 1.92. The van der Waals surface area contributed by atoms with Gasteiger partial charge in [-0.3, -0.25) is 9.78 Å². The molecule has 0 aliphatic heterocycles. The molecule has 0 aliphatic carbocycles. The molecule has 0 aliphatic rings. The van der Waals surface area contributed by atoms with Crippen LogP contribution in [0.5, 0.6) is 0 Å². The molecule has 0 aromatic carbocycles. The third-order valence-electron chi connectivity index (χ3n) is 2.77. The average Bonchev–Trinajstić information content (AvgIpc) is 2.95. The molecular weight excluding hydrogens is 272 g/mol. The fraction of sp³-hybridized carbons (Fsp3) is 0.357. The van der Waals surface area contributed by atoms with Crippen LogP contribution in [0.1, 0.15) is 19.5 Å². The predicted octanol–water partition coefficient (Wildman–Crippen LogP) is 1.82. The van der Waals surface area contributed by atoms with Crippen molar-refractivity contribution in [3.63, 3.8) is 0 Å². The average molecular weight is 290 g/mol. The van der Waals surface area contributed by atoms with Gasteiger partial charge in [0.15, 0.2) is 0 Å². The second-order valence-corrected chi connectivity index (χ2v) is 5.21. The van der Waals surface area contributed by atoms with Crippen LogP contribution in [0.2, 0.25) is 0 Å². The van der Waals surface area contributed by atoms with Gasteiger partial charge in [0.1, 0.15) is 5.01 Å². The van der Waals surface area contributed by atoms with Gasteiger partial charge in [-0.1, -0.05) is 6.07 Å². The van der Waals surface area contributed by atoms with Gasteiger partial charge in [0.2, 0.25) is 5.91 Å². The van der Waals surface area contributed by atoms with E-state index in [-0.39, 0.29) is 11.9 Å². The molecule has 2 aromatic rings. The van der Waals surface area contributed by atoms with Crippen LogP contribution >= 0.6 is 11.3 Å². The largest absolute Gasteiger partial charge is 0.355 e. The summed E-state index contributed by atoms with van der Waals surface area (Å²) in [6.45, 7) is 4.97. The van der Waals surface area contributed by atoms with Crippen molar-refractivity contribution >= 4 is 17.2 Å². The number of hydrogen-bond donors (Lipinski definition) is 2. The van der Waals surface area contributed by atoms with Gasteiger partial charge < -0.3 is 10.6 Å². The van der Waals surface area contributed by atoms with Crippen LogP contribution in [0.25, 0.3) is 10.7 Å². The first kappa shape index (κ1) is 14.6. The molecule has 2 heterocycles. The first-order valence-electron chi connectivity index (χ1n) is 6.57. The van der Waals surface area contributed by atoms with Gasteiger partial charge in [-0.2, -0.15) is 0 Å². The number of likely N-dealkylation sites (N-methyl/N-ethyl adjacent to an activating group) is 1. The molecule has 0 fully saturated rings. The Hall–Kier alpha value is -1.79. The van der Waals surface area contributed by atoms with Crippen LogP contribution in [-0.2, 0) is 11.3 Å². The van der Waals surface area contributed by atoms with E-state index >= 15 is 0 Å². The quantitative estimate of drug-likeness (QED) is 0.851. The van der Waals surface area contributed by atoms with Crippen LogP contribution < -0.4 is 10.6 Å². The van der Waals surface area contributed by atoms with Crippen molar-refractivity contribution < 1.29 is 4.79 Å². The normalized spacial score (nSPS) is 12.1. The van der Waals surface area contributed by atoms with E-state index in [0.29, 0.717) is 13.1 Å². The minimum absolute atomic E-state index is 0.00711. The molecule has 106 valence electrons. The zero-order chi connectivity index (χ0) is 14.4. The molecular formula is C14H18N4OS. The van der Waals surface area contributed by atoms with Gasteiger partial charge in [-0.05, 0) is 26.0 Å². The summed E-state index contributed by atoms with van der Waals surface area (Å²) in [6.07, 6.45) is 1.76. The minimum Gasteiger partial charge on any atom is -0.355 e. The number of carbonyl (C=O) groups excluding carboxylic acids is 1.